The van der Waals surface area contributed by atoms with E-state index in [9.17, 15) is 13.2 Å². The van der Waals surface area contributed by atoms with Gasteiger partial charge in [-0.2, -0.15) is 0 Å². The largest absolute Gasteiger partial charge is 0.491 e. The van der Waals surface area contributed by atoms with E-state index in [1.54, 1.807) is 12.1 Å². The van der Waals surface area contributed by atoms with Crippen LogP contribution in [-0.4, -0.2) is 27.5 Å². The Balaban J connectivity index is 1.29. The molecule has 0 fully saturated rings. The van der Waals surface area contributed by atoms with Gasteiger partial charge in [0.15, 0.2) is 0 Å². The lowest BCUT2D eigenvalue weighted by atomic mass is 10.1. The van der Waals surface area contributed by atoms with E-state index in [1.807, 2.05) is 42.5 Å². The van der Waals surface area contributed by atoms with E-state index >= 15 is 0 Å². The number of fused-ring (bicyclic) bond motifs is 1. The highest BCUT2D eigenvalue weighted by molar-refractivity contribution is 7.89. The fourth-order valence-corrected chi connectivity index (χ4v) is 4.19. The summed E-state index contributed by atoms with van der Waals surface area (Å²) in [5, 5.41) is 4.88. The number of sulfonamides is 1. The van der Waals surface area contributed by atoms with E-state index < -0.39 is 10.0 Å². The molecule has 7 nitrogen and oxygen atoms in total. The van der Waals surface area contributed by atoms with Crippen LogP contribution in [0, 0.1) is 0 Å². The van der Waals surface area contributed by atoms with Gasteiger partial charge in [-0.05, 0) is 47.9 Å². The van der Waals surface area contributed by atoms with E-state index in [2.05, 4.69) is 10.0 Å². The number of hydrogen-bond acceptors (Lipinski definition) is 5. The number of furan rings is 1. The van der Waals surface area contributed by atoms with Crippen molar-refractivity contribution in [3.8, 4) is 5.75 Å². The molecule has 4 aromatic rings. The van der Waals surface area contributed by atoms with Gasteiger partial charge in [0, 0.05) is 10.9 Å². The highest BCUT2D eigenvalue weighted by atomic mass is 32.2. The SMILES string of the molecule is O=C(NCCOc1cccc2ccccc12)c1ccc(S(=O)(=O)NCc2ccco2)cc1. The molecule has 0 saturated carbocycles. The molecule has 0 aliphatic rings. The molecule has 32 heavy (non-hydrogen) atoms. The summed E-state index contributed by atoms with van der Waals surface area (Å²) in [6, 6.07) is 22.9. The molecule has 0 atom stereocenters. The zero-order chi connectivity index (χ0) is 22.4. The minimum absolute atomic E-state index is 0.0499. The Morgan fingerprint density at radius 1 is 0.906 bits per heavy atom. The summed E-state index contributed by atoms with van der Waals surface area (Å²) in [5.41, 5.74) is 0.361. The summed E-state index contributed by atoms with van der Waals surface area (Å²) in [6.07, 6.45) is 1.48. The van der Waals surface area contributed by atoms with Crippen molar-refractivity contribution in [2.75, 3.05) is 13.2 Å². The second-order valence-electron chi connectivity index (χ2n) is 7.01. The second kappa shape index (κ2) is 9.67. The lowest BCUT2D eigenvalue weighted by Crippen LogP contribution is -2.28. The fourth-order valence-electron chi connectivity index (χ4n) is 3.20. The van der Waals surface area contributed by atoms with Crippen LogP contribution >= 0.6 is 0 Å². The first kappa shape index (κ1) is 21.6. The van der Waals surface area contributed by atoms with Crippen molar-refractivity contribution in [1.82, 2.24) is 10.0 Å². The van der Waals surface area contributed by atoms with Gasteiger partial charge in [0.25, 0.3) is 5.91 Å². The second-order valence-corrected chi connectivity index (χ2v) is 8.78. The molecule has 164 valence electrons. The topological polar surface area (TPSA) is 97.6 Å². The van der Waals surface area contributed by atoms with Crippen LogP contribution in [0.1, 0.15) is 16.1 Å². The Morgan fingerprint density at radius 3 is 2.47 bits per heavy atom. The molecule has 3 aromatic carbocycles. The van der Waals surface area contributed by atoms with Gasteiger partial charge in [-0.25, -0.2) is 13.1 Å². The van der Waals surface area contributed by atoms with Crippen molar-refractivity contribution in [2.24, 2.45) is 0 Å². The third kappa shape index (κ3) is 5.16. The molecule has 4 rings (SSSR count). The summed E-state index contributed by atoms with van der Waals surface area (Å²) in [4.78, 5) is 12.4. The first-order valence-corrected chi connectivity index (χ1v) is 11.5. The van der Waals surface area contributed by atoms with Crippen molar-refractivity contribution >= 4 is 26.7 Å². The molecule has 8 heteroatoms. The van der Waals surface area contributed by atoms with Gasteiger partial charge < -0.3 is 14.5 Å². The minimum atomic E-state index is -3.71. The maximum absolute atomic E-state index is 12.4. The van der Waals surface area contributed by atoms with Crippen molar-refractivity contribution in [3.63, 3.8) is 0 Å². The predicted molar refractivity (Wildman–Crippen MR) is 121 cm³/mol. The first-order chi connectivity index (χ1) is 15.5. The summed E-state index contributed by atoms with van der Waals surface area (Å²) in [6.45, 7) is 0.671. The van der Waals surface area contributed by atoms with Crippen molar-refractivity contribution in [1.29, 1.82) is 0 Å². The van der Waals surface area contributed by atoms with E-state index in [4.69, 9.17) is 9.15 Å². The molecule has 2 N–H and O–H groups in total. The Hall–Kier alpha value is -3.62. The summed E-state index contributed by atoms with van der Waals surface area (Å²) >= 11 is 0. The van der Waals surface area contributed by atoms with Gasteiger partial charge in [0.05, 0.1) is 24.2 Å². The maximum Gasteiger partial charge on any atom is 0.251 e. The summed E-state index contributed by atoms with van der Waals surface area (Å²) in [7, 11) is -3.71. The number of carbonyl (C=O) groups excluding carboxylic acids is 1. The predicted octanol–water partition coefficient (Wildman–Crippen LogP) is 3.72. The maximum atomic E-state index is 12.4. The smallest absolute Gasteiger partial charge is 0.251 e. The summed E-state index contributed by atoms with van der Waals surface area (Å²) < 4.78 is 38.2. The summed E-state index contributed by atoms with van der Waals surface area (Å²) in [5.74, 6) is 0.961. The fraction of sp³-hybridized carbons (Fsp3) is 0.125. The molecular weight excluding hydrogens is 428 g/mol. The quantitative estimate of drug-likeness (QED) is 0.379. The lowest BCUT2D eigenvalue weighted by Gasteiger charge is -2.10. The standard InChI is InChI=1S/C24H22N2O5S/c27-24(25-14-16-31-23-9-3-6-18-5-1-2-8-22(18)23)19-10-12-21(13-11-19)32(28,29)26-17-20-7-4-15-30-20/h1-13,15,26H,14,16-17H2,(H,25,27). The Bertz CT molecular complexity index is 1290. The monoisotopic (exact) mass is 450 g/mol. The Morgan fingerprint density at radius 2 is 1.69 bits per heavy atom. The number of carbonyl (C=O) groups is 1. The highest BCUT2D eigenvalue weighted by Crippen LogP contribution is 2.24. The van der Waals surface area contributed by atoms with Crippen molar-refractivity contribution in [3.05, 3.63) is 96.4 Å². The van der Waals surface area contributed by atoms with Gasteiger partial charge in [-0.1, -0.05) is 36.4 Å². The van der Waals surface area contributed by atoms with Gasteiger partial charge >= 0.3 is 0 Å². The van der Waals surface area contributed by atoms with Crippen LogP contribution in [0.15, 0.2) is 94.4 Å². The zero-order valence-electron chi connectivity index (χ0n) is 17.2. The zero-order valence-corrected chi connectivity index (χ0v) is 18.0. The molecule has 1 aromatic heterocycles. The molecule has 0 bridgehead atoms. The molecule has 0 saturated heterocycles. The van der Waals surface area contributed by atoms with Crippen LogP contribution < -0.4 is 14.8 Å². The molecule has 0 aliphatic carbocycles. The third-order valence-electron chi connectivity index (χ3n) is 4.84. The number of benzene rings is 3. The van der Waals surface area contributed by atoms with E-state index in [-0.39, 0.29) is 17.3 Å². The molecule has 0 spiro atoms. The Labute approximate surface area is 186 Å². The van der Waals surface area contributed by atoms with E-state index in [0.29, 0.717) is 24.5 Å². The van der Waals surface area contributed by atoms with Crippen LogP contribution in [0.3, 0.4) is 0 Å². The van der Waals surface area contributed by atoms with Gasteiger partial charge in [-0.3, -0.25) is 4.79 Å². The van der Waals surface area contributed by atoms with Crippen molar-refractivity contribution < 1.29 is 22.4 Å². The normalized spacial score (nSPS) is 11.4. The lowest BCUT2D eigenvalue weighted by molar-refractivity contribution is 0.0947. The average molecular weight is 451 g/mol. The molecule has 0 aliphatic heterocycles. The molecular formula is C24H22N2O5S. The number of hydrogen-bond donors (Lipinski definition) is 2. The number of nitrogens with one attached hydrogen (secondary N) is 2. The van der Waals surface area contributed by atoms with E-state index in [1.165, 1.54) is 30.5 Å². The van der Waals surface area contributed by atoms with Gasteiger partial charge in [-0.15, -0.1) is 0 Å². The number of amides is 1. The molecule has 0 unspecified atom stereocenters. The average Bonchev–Trinajstić information content (AvgIpc) is 3.34. The minimum Gasteiger partial charge on any atom is -0.491 e. The van der Waals surface area contributed by atoms with Crippen LogP contribution in [-0.2, 0) is 16.6 Å². The van der Waals surface area contributed by atoms with Gasteiger partial charge in [0.1, 0.15) is 18.1 Å². The Kier molecular flexibility index (Phi) is 6.53. The number of rotatable bonds is 9. The third-order valence-corrected chi connectivity index (χ3v) is 6.26. The van der Waals surface area contributed by atoms with Crippen molar-refractivity contribution in [2.45, 2.75) is 11.4 Å². The van der Waals surface area contributed by atoms with Crippen LogP contribution in [0.2, 0.25) is 0 Å². The van der Waals surface area contributed by atoms with Crippen LogP contribution in [0.4, 0.5) is 0 Å². The molecule has 1 amide bonds. The number of ether oxygens (including phenoxy) is 1. The first-order valence-electron chi connectivity index (χ1n) is 10.0. The molecule has 1 heterocycles. The highest BCUT2D eigenvalue weighted by Gasteiger charge is 2.15. The molecule has 0 radical (unpaired) electrons. The van der Waals surface area contributed by atoms with Crippen LogP contribution in [0.25, 0.3) is 10.8 Å². The van der Waals surface area contributed by atoms with Gasteiger partial charge in [0.2, 0.25) is 10.0 Å². The van der Waals surface area contributed by atoms with E-state index in [0.717, 1.165) is 16.5 Å². The van der Waals surface area contributed by atoms with Crippen LogP contribution in [0.5, 0.6) is 5.75 Å².